The number of morpholine rings is 1. The molecule has 0 aliphatic carbocycles. The first-order valence-electron chi connectivity index (χ1n) is 9.51. The molecule has 1 amide bonds. The van der Waals surface area contributed by atoms with Gasteiger partial charge in [-0.3, -0.25) is 9.52 Å². The molecule has 11 nitrogen and oxygen atoms in total. The van der Waals surface area contributed by atoms with Gasteiger partial charge in [0.2, 0.25) is 5.91 Å². The molecule has 2 heterocycles. The third-order valence-electron chi connectivity index (χ3n) is 4.71. The number of carbonyl (C=O) groups excluding carboxylic acids is 1. The first-order valence-corrected chi connectivity index (χ1v) is 11.0. The number of ether oxygens (including phenoxy) is 1. The molecule has 2 aromatic carbocycles. The highest BCUT2D eigenvalue weighted by molar-refractivity contribution is 7.92. The van der Waals surface area contributed by atoms with Gasteiger partial charge in [0, 0.05) is 18.8 Å². The van der Waals surface area contributed by atoms with Gasteiger partial charge < -0.3 is 9.64 Å². The van der Waals surface area contributed by atoms with Crippen LogP contribution in [0, 0.1) is 0 Å². The lowest BCUT2D eigenvalue weighted by molar-refractivity contribution is -0.136. The van der Waals surface area contributed by atoms with Crippen LogP contribution in [0.4, 0.5) is 5.69 Å². The third-order valence-corrected chi connectivity index (χ3v) is 6.10. The Morgan fingerprint density at radius 3 is 2.35 bits per heavy atom. The van der Waals surface area contributed by atoms with Crippen molar-refractivity contribution >= 4 is 21.6 Å². The molecule has 31 heavy (non-hydrogen) atoms. The Morgan fingerprint density at radius 1 is 1.00 bits per heavy atom. The maximum absolute atomic E-state index is 12.6. The van der Waals surface area contributed by atoms with Crippen LogP contribution in [0.25, 0.3) is 5.69 Å². The number of anilines is 1. The van der Waals surface area contributed by atoms with Crippen LogP contribution >= 0.6 is 0 Å². The van der Waals surface area contributed by atoms with Crippen LogP contribution in [0.5, 0.6) is 0 Å². The van der Waals surface area contributed by atoms with E-state index in [0.717, 1.165) is 9.36 Å². The monoisotopic (exact) mass is 444 g/mol. The van der Waals surface area contributed by atoms with Gasteiger partial charge in [-0.05, 0) is 46.8 Å². The molecular formula is C19H20N6O5S. The Kier molecular flexibility index (Phi) is 5.82. The summed E-state index contributed by atoms with van der Waals surface area (Å²) in [5.74, 6) is -0.233. The summed E-state index contributed by atoms with van der Waals surface area (Å²) in [7, 11) is -3.72. The van der Waals surface area contributed by atoms with Gasteiger partial charge in [-0.25, -0.2) is 13.2 Å². The molecule has 1 aliphatic heterocycles. The molecule has 0 spiro atoms. The fourth-order valence-corrected chi connectivity index (χ4v) is 4.14. The fraction of sp³-hybridized carbons (Fsp3) is 0.263. The predicted octanol–water partition coefficient (Wildman–Crippen LogP) is 0.0886. The number of benzene rings is 2. The smallest absolute Gasteiger partial charge is 0.368 e. The van der Waals surface area contributed by atoms with Crippen LogP contribution in [0.1, 0.15) is 0 Å². The van der Waals surface area contributed by atoms with Gasteiger partial charge in [0.05, 0.1) is 23.8 Å². The quantitative estimate of drug-likeness (QED) is 0.570. The van der Waals surface area contributed by atoms with Gasteiger partial charge in [-0.2, -0.15) is 9.36 Å². The molecule has 1 saturated heterocycles. The Morgan fingerprint density at radius 2 is 1.68 bits per heavy atom. The molecule has 1 fully saturated rings. The van der Waals surface area contributed by atoms with E-state index in [9.17, 15) is 18.0 Å². The summed E-state index contributed by atoms with van der Waals surface area (Å²) in [6.07, 6.45) is 0. The number of hydrogen-bond donors (Lipinski definition) is 1. The highest BCUT2D eigenvalue weighted by Crippen LogP contribution is 2.17. The largest absolute Gasteiger partial charge is 0.378 e. The molecule has 1 N–H and O–H groups in total. The number of nitrogens with one attached hydrogen (secondary N) is 1. The van der Waals surface area contributed by atoms with Crippen LogP contribution in [0.2, 0.25) is 0 Å². The Hall–Kier alpha value is -3.51. The number of nitrogens with zero attached hydrogens (tertiary/aromatic N) is 5. The van der Waals surface area contributed by atoms with Crippen molar-refractivity contribution in [1.29, 1.82) is 0 Å². The number of amides is 1. The highest BCUT2D eigenvalue weighted by atomic mass is 32.2. The van der Waals surface area contributed by atoms with E-state index in [0.29, 0.717) is 37.7 Å². The molecule has 0 radical (unpaired) electrons. The molecule has 3 aromatic rings. The predicted molar refractivity (Wildman–Crippen MR) is 110 cm³/mol. The molecule has 0 atom stereocenters. The van der Waals surface area contributed by atoms with E-state index >= 15 is 0 Å². The van der Waals surface area contributed by atoms with Gasteiger partial charge in [0.1, 0.15) is 6.54 Å². The number of rotatable bonds is 6. The third kappa shape index (κ3) is 4.64. The second-order valence-electron chi connectivity index (χ2n) is 6.79. The first kappa shape index (κ1) is 20.8. The van der Waals surface area contributed by atoms with E-state index in [1.807, 2.05) is 0 Å². The summed E-state index contributed by atoms with van der Waals surface area (Å²) in [5, 5.41) is 7.59. The van der Waals surface area contributed by atoms with Crippen molar-refractivity contribution < 1.29 is 17.9 Å². The summed E-state index contributed by atoms with van der Waals surface area (Å²) in [5.41, 5.74) is 0.146. The lowest BCUT2D eigenvalue weighted by atomic mass is 10.3. The lowest BCUT2D eigenvalue weighted by Gasteiger charge is -2.26. The van der Waals surface area contributed by atoms with E-state index in [1.165, 1.54) is 36.4 Å². The number of sulfonamides is 1. The van der Waals surface area contributed by atoms with Crippen LogP contribution in [0.3, 0.4) is 0 Å². The summed E-state index contributed by atoms with van der Waals surface area (Å²) in [4.78, 5) is 26.7. The normalized spacial score (nSPS) is 14.4. The number of carbonyl (C=O) groups is 1. The molecule has 0 unspecified atom stereocenters. The zero-order valence-electron chi connectivity index (χ0n) is 16.4. The standard InChI is InChI=1S/C19H20N6O5S/c26-18(23-10-12-30-13-11-23)14-24-19(27)25(22-21-24)16-8-6-15(7-9-16)20-31(28,29)17-4-2-1-3-5-17/h1-9,20H,10-14H2. The van der Waals surface area contributed by atoms with Crippen molar-refractivity contribution in [2.45, 2.75) is 11.4 Å². The maximum atomic E-state index is 12.6. The van der Waals surface area contributed by atoms with E-state index in [4.69, 9.17) is 4.74 Å². The average Bonchev–Trinajstić information content (AvgIpc) is 3.15. The Balaban J connectivity index is 1.47. The first-order chi connectivity index (χ1) is 14.9. The minimum atomic E-state index is -3.72. The summed E-state index contributed by atoms with van der Waals surface area (Å²) < 4.78 is 34.5. The summed E-state index contributed by atoms with van der Waals surface area (Å²) in [6, 6.07) is 14.1. The van der Waals surface area contributed by atoms with Crippen LogP contribution < -0.4 is 10.4 Å². The molecule has 0 bridgehead atoms. The molecular weight excluding hydrogens is 424 g/mol. The van der Waals surface area contributed by atoms with E-state index < -0.39 is 15.7 Å². The van der Waals surface area contributed by atoms with Crippen molar-refractivity contribution in [2.24, 2.45) is 0 Å². The van der Waals surface area contributed by atoms with Crippen molar-refractivity contribution in [1.82, 2.24) is 24.7 Å². The molecule has 162 valence electrons. The zero-order valence-corrected chi connectivity index (χ0v) is 17.2. The minimum Gasteiger partial charge on any atom is -0.378 e. The number of aromatic nitrogens is 4. The van der Waals surface area contributed by atoms with Gasteiger partial charge in [-0.1, -0.05) is 18.2 Å². The second kappa shape index (κ2) is 8.70. The summed E-state index contributed by atoms with van der Waals surface area (Å²) in [6.45, 7) is 1.67. The van der Waals surface area contributed by atoms with Crippen LogP contribution in [0.15, 0.2) is 64.3 Å². The molecule has 1 aliphatic rings. The average molecular weight is 444 g/mol. The van der Waals surface area contributed by atoms with Crippen molar-refractivity contribution in [3.63, 3.8) is 0 Å². The fourth-order valence-electron chi connectivity index (χ4n) is 3.06. The van der Waals surface area contributed by atoms with Gasteiger partial charge in [0.25, 0.3) is 10.0 Å². The Bertz CT molecular complexity index is 1210. The molecule has 0 saturated carbocycles. The SMILES string of the molecule is O=C(Cn1nnn(-c2ccc(NS(=O)(=O)c3ccccc3)cc2)c1=O)N1CCOCC1. The molecule has 12 heteroatoms. The lowest BCUT2D eigenvalue weighted by Crippen LogP contribution is -2.43. The van der Waals surface area contributed by atoms with Crippen LogP contribution in [-0.4, -0.2) is 65.3 Å². The molecule has 4 rings (SSSR count). The van der Waals surface area contributed by atoms with E-state index in [-0.39, 0.29) is 17.3 Å². The minimum absolute atomic E-state index is 0.142. The Labute approximate surface area is 177 Å². The molecule has 1 aromatic heterocycles. The topological polar surface area (TPSA) is 128 Å². The summed E-state index contributed by atoms with van der Waals surface area (Å²) >= 11 is 0. The second-order valence-corrected chi connectivity index (χ2v) is 8.47. The van der Waals surface area contributed by atoms with Crippen molar-refractivity contribution in [3.05, 3.63) is 65.1 Å². The van der Waals surface area contributed by atoms with Gasteiger partial charge in [-0.15, -0.1) is 0 Å². The van der Waals surface area contributed by atoms with Crippen molar-refractivity contribution in [3.8, 4) is 5.69 Å². The number of tetrazole rings is 1. The van der Waals surface area contributed by atoms with Gasteiger partial charge >= 0.3 is 5.69 Å². The highest BCUT2D eigenvalue weighted by Gasteiger charge is 2.20. The van der Waals surface area contributed by atoms with E-state index in [2.05, 4.69) is 15.1 Å². The number of hydrogen-bond acceptors (Lipinski definition) is 7. The van der Waals surface area contributed by atoms with Crippen molar-refractivity contribution in [2.75, 3.05) is 31.0 Å². The van der Waals surface area contributed by atoms with Crippen LogP contribution in [-0.2, 0) is 26.1 Å². The maximum Gasteiger partial charge on any atom is 0.368 e. The zero-order chi connectivity index (χ0) is 21.8. The van der Waals surface area contributed by atoms with Gasteiger partial charge in [0.15, 0.2) is 0 Å². The van der Waals surface area contributed by atoms with E-state index in [1.54, 1.807) is 23.1 Å².